The highest BCUT2D eigenvalue weighted by Gasteiger charge is 2.07. The second-order valence-electron chi connectivity index (χ2n) is 5.58. The zero-order valence-electron chi connectivity index (χ0n) is 13.4. The number of aromatic nitrogens is 1. The van der Waals surface area contributed by atoms with Crippen molar-refractivity contribution in [2.45, 2.75) is 6.54 Å². The average molecular weight is 318 g/mol. The van der Waals surface area contributed by atoms with Crippen molar-refractivity contribution in [3.8, 4) is 11.1 Å². The molecule has 0 spiro atoms. The van der Waals surface area contributed by atoms with Crippen LogP contribution in [0.25, 0.3) is 11.1 Å². The van der Waals surface area contributed by atoms with Crippen molar-refractivity contribution in [2.75, 3.05) is 0 Å². The summed E-state index contributed by atoms with van der Waals surface area (Å²) in [5, 5.41) is 2.79. The van der Waals surface area contributed by atoms with E-state index in [4.69, 9.17) is 0 Å². The Balaban J connectivity index is 1.69. The largest absolute Gasteiger partial charge is 0.348 e. The molecule has 0 fully saturated rings. The van der Waals surface area contributed by atoms with Gasteiger partial charge in [-0.15, -0.1) is 0 Å². The first-order chi connectivity index (χ1) is 11.6. The lowest BCUT2D eigenvalue weighted by Crippen LogP contribution is -2.28. The van der Waals surface area contributed by atoms with E-state index in [0.717, 1.165) is 11.1 Å². The van der Waals surface area contributed by atoms with Crippen LogP contribution < -0.4 is 10.9 Å². The maximum Gasteiger partial charge on any atom is 0.255 e. The van der Waals surface area contributed by atoms with Gasteiger partial charge in [0.25, 0.3) is 11.5 Å². The first-order valence-electron chi connectivity index (χ1n) is 7.73. The van der Waals surface area contributed by atoms with E-state index in [1.165, 1.54) is 4.57 Å². The minimum atomic E-state index is -0.194. The highest BCUT2D eigenvalue weighted by molar-refractivity contribution is 5.94. The molecule has 0 aliphatic heterocycles. The Morgan fingerprint density at radius 2 is 1.58 bits per heavy atom. The van der Waals surface area contributed by atoms with E-state index < -0.39 is 0 Å². The van der Waals surface area contributed by atoms with Crippen LogP contribution in [0.3, 0.4) is 0 Å². The van der Waals surface area contributed by atoms with Gasteiger partial charge >= 0.3 is 0 Å². The minimum Gasteiger partial charge on any atom is -0.348 e. The number of nitrogens with zero attached hydrogens (tertiary/aromatic N) is 1. The van der Waals surface area contributed by atoms with Crippen LogP contribution in [-0.2, 0) is 13.6 Å². The molecule has 1 heterocycles. The van der Waals surface area contributed by atoms with E-state index in [0.29, 0.717) is 11.1 Å². The molecule has 120 valence electrons. The van der Waals surface area contributed by atoms with Crippen LogP contribution in [0.2, 0.25) is 0 Å². The fraction of sp³-hybridized carbons (Fsp3) is 0.100. The molecule has 4 nitrogen and oxygen atoms in total. The number of carbonyl (C=O) groups excluding carboxylic acids is 1. The standard InChI is InChI=1S/C20H18N2O2/c1-22-13-5-8-18(20(22)24)14-21-19(23)17-11-9-16(10-12-17)15-6-3-2-4-7-15/h2-13H,14H2,1H3,(H,21,23). The Morgan fingerprint density at radius 3 is 2.29 bits per heavy atom. The molecule has 0 unspecified atom stereocenters. The Morgan fingerprint density at radius 1 is 0.917 bits per heavy atom. The van der Waals surface area contributed by atoms with Crippen molar-refractivity contribution in [1.29, 1.82) is 0 Å². The van der Waals surface area contributed by atoms with Crippen molar-refractivity contribution in [3.63, 3.8) is 0 Å². The smallest absolute Gasteiger partial charge is 0.255 e. The molecule has 0 radical (unpaired) electrons. The second kappa shape index (κ2) is 6.96. The number of pyridine rings is 1. The van der Waals surface area contributed by atoms with E-state index in [1.807, 2.05) is 42.5 Å². The summed E-state index contributed by atoms with van der Waals surface area (Å²) >= 11 is 0. The quantitative estimate of drug-likeness (QED) is 0.804. The summed E-state index contributed by atoms with van der Waals surface area (Å²) in [5.41, 5.74) is 3.20. The number of hydrogen-bond donors (Lipinski definition) is 1. The van der Waals surface area contributed by atoms with E-state index in [2.05, 4.69) is 5.32 Å². The lowest BCUT2D eigenvalue weighted by Gasteiger charge is -2.07. The molecule has 0 atom stereocenters. The molecular formula is C20H18N2O2. The van der Waals surface area contributed by atoms with Crippen molar-refractivity contribution in [3.05, 3.63) is 94.4 Å². The van der Waals surface area contributed by atoms with Gasteiger partial charge in [-0.1, -0.05) is 48.5 Å². The van der Waals surface area contributed by atoms with Crippen LogP contribution in [0.15, 0.2) is 77.7 Å². The molecule has 1 amide bonds. The van der Waals surface area contributed by atoms with E-state index in [9.17, 15) is 9.59 Å². The fourth-order valence-corrected chi connectivity index (χ4v) is 2.51. The molecule has 3 rings (SSSR count). The summed E-state index contributed by atoms with van der Waals surface area (Å²) in [7, 11) is 1.69. The van der Waals surface area contributed by atoms with Gasteiger partial charge in [-0.2, -0.15) is 0 Å². The van der Waals surface area contributed by atoms with Crippen molar-refractivity contribution in [1.82, 2.24) is 9.88 Å². The minimum absolute atomic E-state index is 0.0998. The number of amides is 1. The first-order valence-corrected chi connectivity index (χ1v) is 7.73. The van der Waals surface area contributed by atoms with Crippen LogP contribution in [0.4, 0.5) is 0 Å². The number of aryl methyl sites for hydroxylation is 1. The lowest BCUT2D eigenvalue weighted by molar-refractivity contribution is 0.0950. The molecule has 24 heavy (non-hydrogen) atoms. The van der Waals surface area contributed by atoms with E-state index in [1.54, 1.807) is 37.5 Å². The Kier molecular flexibility index (Phi) is 4.57. The van der Waals surface area contributed by atoms with Crippen LogP contribution >= 0.6 is 0 Å². The third kappa shape index (κ3) is 3.43. The van der Waals surface area contributed by atoms with Crippen LogP contribution in [0.5, 0.6) is 0 Å². The highest BCUT2D eigenvalue weighted by atomic mass is 16.2. The summed E-state index contributed by atoms with van der Waals surface area (Å²) in [6.45, 7) is 0.215. The Hall–Kier alpha value is -3.14. The molecule has 0 aliphatic rings. The van der Waals surface area contributed by atoms with Gasteiger partial charge in [0.05, 0.1) is 0 Å². The van der Waals surface area contributed by atoms with Crippen molar-refractivity contribution < 1.29 is 4.79 Å². The third-order valence-electron chi connectivity index (χ3n) is 3.90. The van der Waals surface area contributed by atoms with Gasteiger partial charge in [-0.3, -0.25) is 9.59 Å². The normalized spacial score (nSPS) is 10.4. The van der Waals surface area contributed by atoms with Crippen molar-refractivity contribution in [2.24, 2.45) is 7.05 Å². The molecule has 0 saturated carbocycles. The maximum absolute atomic E-state index is 12.2. The topological polar surface area (TPSA) is 51.1 Å². The van der Waals surface area contributed by atoms with Crippen LogP contribution in [0, 0.1) is 0 Å². The van der Waals surface area contributed by atoms with Gasteiger partial charge in [0.2, 0.25) is 0 Å². The molecule has 0 aliphatic carbocycles. The van der Waals surface area contributed by atoms with Crippen LogP contribution in [-0.4, -0.2) is 10.5 Å². The number of carbonyl (C=O) groups is 1. The van der Waals surface area contributed by atoms with Crippen molar-refractivity contribution >= 4 is 5.91 Å². The van der Waals surface area contributed by atoms with Gasteiger partial charge < -0.3 is 9.88 Å². The predicted octanol–water partition coefficient (Wildman–Crippen LogP) is 2.98. The highest BCUT2D eigenvalue weighted by Crippen LogP contribution is 2.19. The summed E-state index contributed by atoms with van der Waals surface area (Å²) in [4.78, 5) is 24.2. The zero-order valence-corrected chi connectivity index (χ0v) is 13.4. The molecule has 1 N–H and O–H groups in total. The molecule has 0 bridgehead atoms. The molecule has 3 aromatic rings. The second-order valence-corrected chi connectivity index (χ2v) is 5.58. The Bertz CT molecular complexity index is 897. The average Bonchev–Trinajstić information content (AvgIpc) is 2.63. The molecule has 2 aromatic carbocycles. The lowest BCUT2D eigenvalue weighted by atomic mass is 10.0. The SMILES string of the molecule is Cn1cccc(CNC(=O)c2ccc(-c3ccccc3)cc2)c1=O. The molecule has 1 aromatic heterocycles. The third-order valence-corrected chi connectivity index (χ3v) is 3.90. The van der Waals surface area contributed by atoms with E-state index in [-0.39, 0.29) is 18.0 Å². The summed E-state index contributed by atoms with van der Waals surface area (Å²) < 4.78 is 1.50. The molecule has 4 heteroatoms. The summed E-state index contributed by atoms with van der Waals surface area (Å²) in [6.07, 6.45) is 1.69. The maximum atomic E-state index is 12.2. The molecule has 0 saturated heterocycles. The van der Waals surface area contributed by atoms with Crippen LogP contribution in [0.1, 0.15) is 15.9 Å². The number of nitrogens with one attached hydrogen (secondary N) is 1. The first kappa shape index (κ1) is 15.7. The van der Waals surface area contributed by atoms with Gasteiger partial charge in [-0.05, 0) is 29.3 Å². The summed E-state index contributed by atoms with van der Waals surface area (Å²) in [6, 6.07) is 20.9. The number of benzene rings is 2. The van der Waals surface area contributed by atoms with Gasteiger partial charge in [-0.25, -0.2) is 0 Å². The predicted molar refractivity (Wildman–Crippen MR) is 94.7 cm³/mol. The number of hydrogen-bond acceptors (Lipinski definition) is 2. The zero-order chi connectivity index (χ0) is 16.9. The van der Waals surface area contributed by atoms with Gasteiger partial charge in [0, 0.05) is 30.9 Å². The fourth-order valence-electron chi connectivity index (χ4n) is 2.51. The summed E-state index contributed by atoms with van der Waals surface area (Å²) in [5.74, 6) is -0.194. The van der Waals surface area contributed by atoms with E-state index >= 15 is 0 Å². The monoisotopic (exact) mass is 318 g/mol. The molecular weight excluding hydrogens is 300 g/mol. The van der Waals surface area contributed by atoms with Gasteiger partial charge in [0.15, 0.2) is 0 Å². The van der Waals surface area contributed by atoms with Gasteiger partial charge in [0.1, 0.15) is 0 Å². The Labute approximate surface area is 140 Å². The number of rotatable bonds is 4.